The summed E-state index contributed by atoms with van der Waals surface area (Å²) >= 11 is 0. The summed E-state index contributed by atoms with van der Waals surface area (Å²) in [5.41, 5.74) is 4.36. The van der Waals surface area contributed by atoms with Gasteiger partial charge in [-0.15, -0.1) is 0 Å². The molecule has 0 aromatic heterocycles. The van der Waals surface area contributed by atoms with Crippen LogP contribution in [0.15, 0.2) is 42.5 Å². The van der Waals surface area contributed by atoms with Crippen molar-refractivity contribution in [3.05, 3.63) is 64.7 Å². The van der Waals surface area contributed by atoms with Gasteiger partial charge in [0.05, 0.1) is 0 Å². The van der Waals surface area contributed by atoms with Gasteiger partial charge in [-0.2, -0.15) is 0 Å². The second-order valence-electron chi connectivity index (χ2n) is 6.26. The Morgan fingerprint density at radius 2 is 1.78 bits per heavy atom. The minimum atomic E-state index is -0.943. The molecule has 1 atom stereocenters. The Morgan fingerprint density at radius 3 is 2.39 bits per heavy atom. The number of aliphatic carboxylic acids is 1. The number of ether oxygens (including phenoxy) is 1. The van der Waals surface area contributed by atoms with Gasteiger partial charge in [-0.1, -0.05) is 50.2 Å². The van der Waals surface area contributed by atoms with E-state index in [0.717, 1.165) is 16.7 Å². The molecular weight excluding hydrogens is 288 g/mol. The van der Waals surface area contributed by atoms with E-state index in [9.17, 15) is 9.90 Å². The van der Waals surface area contributed by atoms with Gasteiger partial charge in [-0.3, -0.25) is 0 Å². The highest BCUT2D eigenvalue weighted by Crippen LogP contribution is 2.27. The second-order valence-corrected chi connectivity index (χ2v) is 6.26. The average Bonchev–Trinajstić information content (AvgIpc) is 2.50. The maximum Gasteiger partial charge on any atom is 0.345 e. The first kappa shape index (κ1) is 17.1. The van der Waals surface area contributed by atoms with E-state index < -0.39 is 12.1 Å². The molecule has 0 aliphatic rings. The standard InChI is InChI=1S/C20H24O3/c1-13(2)17-7-5-6-8-18(17)23-19(20(21)22)12-16-10-9-14(3)15(4)11-16/h5-11,13,19H,12H2,1-4H3,(H,21,22)/t19-/m0/s1. The zero-order valence-corrected chi connectivity index (χ0v) is 14.2. The second kappa shape index (κ2) is 7.32. The van der Waals surface area contributed by atoms with Crippen LogP contribution in [0.2, 0.25) is 0 Å². The summed E-state index contributed by atoms with van der Waals surface area (Å²) in [4.78, 5) is 11.6. The molecule has 0 heterocycles. The van der Waals surface area contributed by atoms with E-state index in [4.69, 9.17) is 4.74 Å². The summed E-state index contributed by atoms with van der Waals surface area (Å²) in [5, 5.41) is 9.52. The molecule has 0 aliphatic carbocycles. The lowest BCUT2D eigenvalue weighted by molar-refractivity contribution is -0.145. The highest BCUT2D eigenvalue weighted by molar-refractivity contribution is 5.73. The monoisotopic (exact) mass is 312 g/mol. The van der Waals surface area contributed by atoms with Gasteiger partial charge in [0.15, 0.2) is 6.10 Å². The molecule has 0 bridgehead atoms. The van der Waals surface area contributed by atoms with Gasteiger partial charge in [0.2, 0.25) is 0 Å². The number of carboxylic acid groups (broad SMARTS) is 1. The SMILES string of the molecule is Cc1ccc(C[C@H](Oc2ccccc2C(C)C)C(=O)O)cc1C. The van der Waals surface area contributed by atoms with Crippen LogP contribution < -0.4 is 4.74 Å². The van der Waals surface area contributed by atoms with Gasteiger partial charge in [0.25, 0.3) is 0 Å². The Bertz CT molecular complexity index is 689. The number of benzene rings is 2. The number of para-hydroxylation sites is 1. The Morgan fingerprint density at radius 1 is 1.09 bits per heavy atom. The molecule has 0 fully saturated rings. The van der Waals surface area contributed by atoms with Crippen LogP contribution in [-0.4, -0.2) is 17.2 Å². The molecular formula is C20H24O3. The van der Waals surface area contributed by atoms with Crippen LogP contribution in [0.5, 0.6) is 5.75 Å². The lowest BCUT2D eigenvalue weighted by Crippen LogP contribution is -2.29. The maximum atomic E-state index is 11.6. The molecule has 3 nitrogen and oxygen atoms in total. The normalized spacial score (nSPS) is 12.2. The summed E-state index contributed by atoms with van der Waals surface area (Å²) in [6.07, 6.45) is -0.542. The summed E-state index contributed by atoms with van der Waals surface area (Å²) in [6.45, 7) is 8.22. The molecule has 2 rings (SSSR count). The van der Waals surface area contributed by atoms with Crippen LogP contribution in [0.1, 0.15) is 42.0 Å². The zero-order valence-electron chi connectivity index (χ0n) is 14.2. The van der Waals surface area contributed by atoms with E-state index in [0.29, 0.717) is 12.2 Å². The molecule has 3 heteroatoms. The molecule has 0 amide bonds. The van der Waals surface area contributed by atoms with E-state index in [-0.39, 0.29) is 5.92 Å². The van der Waals surface area contributed by atoms with Crippen molar-refractivity contribution in [1.29, 1.82) is 0 Å². The summed E-state index contributed by atoms with van der Waals surface area (Å²) in [6, 6.07) is 13.7. The fourth-order valence-electron chi connectivity index (χ4n) is 2.54. The largest absolute Gasteiger partial charge is 0.478 e. The van der Waals surface area contributed by atoms with Crippen molar-refractivity contribution in [3.8, 4) is 5.75 Å². The topological polar surface area (TPSA) is 46.5 Å². The first-order valence-corrected chi connectivity index (χ1v) is 7.93. The molecule has 2 aromatic rings. The number of carbonyl (C=O) groups is 1. The van der Waals surface area contributed by atoms with Gasteiger partial charge >= 0.3 is 5.97 Å². The van der Waals surface area contributed by atoms with E-state index in [1.807, 2.05) is 56.3 Å². The quantitative estimate of drug-likeness (QED) is 0.854. The van der Waals surface area contributed by atoms with Crippen molar-refractivity contribution in [2.24, 2.45) is 0 Å². The Kier molecular flexibility index (Phi) is 5.43. The van der Waals surface area contributed by atoms with E-state index in [1.54, 1.807) is 0 Å². The molecule has 0 saturated heterocycles. The first-order valence-electron chi connectivity index (χ1n) is 7.93. The van der Waals surface area contributed by atoms with Crippen LogP contribution in [0, 0.1) is 13.8 Å². The van der Waals surface area contributed by atoms with Crippen molar-refractivity contribution < 1.29 is 14.6 Å². The average molecular weight is 312 g/mol. The lowest BCUT2D eigenvalue weighted by atomic mass is 10.0. The molecule has 0 aliphatic heterocycles. The van der Waals surface area contributed by atoms with Crippen molar-refractivity contribution in [2.75, 3.05) is 0 Å². The molecule has 2 aromatic carbocycles. The van der Waals surface area contributed by atoms with Crippen molar-refractivity contribution in [1.82, 2.24) is 0 Å². The highest BCUT2D eigenvalue weighted by atomic mass is 16.5. The molecule has 0 spiro atoms. The minimum Gasteiger partial charge on any atom is -0.478 e. The Labute approximate surface area is 137 Å². The number of carboxylic acids is 1. The summed E-state index contributed by atoms with van der Waals surface area (Å²) in [7, 11) is 0. The Hall–Kier alpha value is -2.29. The third-order valence-electron chi connectivity index (χ3n) is 4.08. The molecule has 0 radical (unpaired) electrons. The molecule has 122 valence electrons. The van der Waals surface area contributed by atoms with Crippen molar-refractivity contribution in [3.63, 3.8) is 0 Å². The third kappa shape index (κ3) is 4.35. The van der Waals surface area contributed by atoms with Crippen LogP contribution in [0.4, 0.5) is 0 Å². The molecule has 1 N–H and O–H groups in total. The first-order chi connectivity index (χ1) is 10.9. The summed E-state index contributed by atoms with van der Waals surface area (Å²) in [5.74, 6) is -0.0113. The fraction of sp³-hybridized carbons (Fsp3) is 0.350. The highest BCUT2D eigenvalue weighted by Gasteiger charge is 2.22. The molecule has 23 heavy (non-hydrogen) atoms. The number of rotatable bonds is 6. The van der Waals surface area contributed by atoms with E-state index in [1.165, 1.54) is 5.56 Å². The van der Waals surface area contributed by atoms with Gasteiger partial charge in [0, 0.05) is 6.42 Å². The number of hydrogen-bond donors (Lipinski definition) is 1. The fourth-order valence-corrected chi connectivity index (χ4v) is 2.54. The van der Waals surface area contributed by atoms with Crippen LogP contribution in [-0.2, 0) is 11.2 Å². The predicted octanol–water partition coefficient (Wildman–Crippen LogP) is 4.50. The van der Waals surface area contributed by atoms with E-state index in [2.05, 4.69) is 13.8 Å². The summed E-state index contributed by atoms with van der Waals surface area (Å²) < 4.78 is 5.84. The molecule has 0 saturated carbocycles. The van der Waals surface area contributed by atoms with Gasteiger partial charge < -0.3 is 9.84 Å². The van der Waals surface area contributed by atoms with Crippen molar-refractivity contribution >= 4 is 5.97 Å². The predicted molar refractivity (Wildman–Crippen MR) is 92.2 cm³/mol. The Balaban J connectivity index is 2.23. The smallest absolute Gasteiger partial charge is 0.345 e. The van der Waals surface area contributed by atoms with Gasteiger partial charge in [-0.05, 0) is 48.1 Å². The van der Waals surface area contributed by atoms with Gasteiger partial charge in [-0.25, -0.2) is 4.79 Å². The lowest BCUT2D eigenvalue weighted by Gasteiger charge is -2.19. The zero-order chi connectivity index (χ0) is 17.0. The maximum absolute atomic E-state index is 11.6. The van der Waals surface area contributed by atoms with Crippen molar-refractivity contribution in [2.45, 2.75) is 46.1 Å². The van der Waals surface area contributed by atoms with Crippen LogP contribution in [0.3, 0.4) is 0 Å². The van der Waals surface area contributed by atoms with Crippen LogP contribution >= 0.6 is 0 Å². The van der Waals surface area contributed by atoms with Crippen LogP contribution in [0.25, 0.3) is 0 Å². The van der Waals surface area contributed by atoms with Gasteiger partial charge in [0.1, 0.15) is 5.75 Å². The number of aryl methyl sites for hydroxylation is 2. The minimum absolute atomic E-state index is 0.280. The van der Waals surface area contributed by atoms with E-state index >= 15 is 0 Å². The third-order valence-corrected chi connectivity index (χ3v) is 4.08. The molecule has 0 unspecified atom stereocenters. The number of hydrogen-bond acceptors (Lipinski definition) is 2.